The van der Waals surface area contributed by atoms with E-state index in [1.165, 1.54) is 17.0 Å². The number of benzene rings is 1. The molecule has 1 aliphatic rings. The average molecular weight is 361 g/mol. The Balaban J connectivity index is 1.58. The highest BCUT2D eigenvalue weighted by molar-refractivity contribution is 6.30. The van der Waals surface area contributed by atoms with Crippen LogP contribution in [0.1, 0.15) is 12.6 Å². The Morgan fingerprint density at radius 2 is 1.84 bits per heavy atom. The molecule has 0 radical (unpaired) electrons. The van der Waals surface area contributed by atoms with Crippen LogP contribution in [0, 0.1) is 0 Å². The highest BCUT2D eigenvalue weighted by atomic mass is 35.5. The van der Waals surface area contributed by atoms with Gasteiger partial charge in [-0.05, 0) is 30.7 Å². The normalized spacial score (nSPS) is 14.6. The highest BCUT2D eigenvalue weighted by Gasteiger charge is 2.21. The number of carbonyl (C=O) groups is 1. The topological polar surface area (TPSA) is 58.4 Å². The van der Waals surface area contributed by atoms with Gasteiger partial charge in [0.25, 0.3) is 5.56 Å². The molecule has 1 aromatic carbocycles. The maximum absolute atomic E-state index is 12.5. The molecule has 0 atom stereocenters. The predicted octanol–water partition coefficient (Wildman–Crippen LogP) is 1.81. The Kier molecular flexibility index (Phi) is 5.38. The average Bonchev–Trinajstić information content (AvgIpc) is 2.64. The van der Waals surface area contributed by atoms with E-state index in [0.29, 0.717) is 24.5 Å². The number of rotatable bonds is 4. The molecule has 1 aromatic heterocycles. The largest absolute Gasteiger partial charge is 0.368 e. The molecule has 132 valence electrons. The summed E-state index contributed by atoms with van der Waals surface area (Å²) in [6.07, 6.45) is 2.17. The van der Waals surface area contributed by atoms with Crippen LogP contribution in [0.2, 0.25) is 5.02 Å². The molecule has 7 heteroatoms. The number of piperazine rings is 1. The zero-order chi connectivity index (χ0) is 17.8. The van der Waals surface area contributed by atoms with Crippen molar-refractivity contribution in [3.63, 3.8) is 0 Å². The molecule has 2 aromatic rings. The Morgan fingerprint density at radius 3 is 2.44 bits per heavy atom. The molecule has 25 heavy (non-hydrogen) atoms. The minimum atomic E-state index is -0.181. The van der Waals surface area contributed by atoms with Crippen LogP contribution >= 0.6 is 11.6 Å². The lowest BCUT2D eigenvalue weighted by atomic mass is 10.2. The van der Waals surface area contributed by atoms with Crippen molar-refractivity contribution in [1.82, 2.24) is 14.5 Å². The fraction of sp³-hybridized carbons (Fsp3) is 0.389. The molecular weight excluding hydrogens is 340 g/mol. The summed E-state index contributed by atoms with van der Waals surface area (Å²) < 4.78 is 1.37. The zero-order valence-electron chi connectivity index (χ0n) is 14.2. The summed E-state index contributed by atoms with van der Waals surface area (Å²) in [5.74, 6) is -0.0519. The van der Waals surface area contributed by atoms with E-state index in [9.17, 15) is 9.59 Å². The van der Waals surface area contributed by atoms with E-state index in [2.05, 4.69) is 9.88 Å². The smallest absolute Gasteiger partial charge is 0.253 e. The fourth-order valence-electron chi connectivity index (χ4n) is 2.89. The van der Waals surface area contributed by atoms with E-state index < -0.39 is 0 Å². The first kappa shape index (κ1) is 17.5. The number of anilines is 1. The van der Waals surface area contributed by atoms with E-state index in [-0.39, 0.29) is 18.0 Å². The maximum Gasteiger partial charge on any atom is 0.253 e. The van der Waals surface area contributed by atoms with Gasteiger partial charge in [-0.25, -0.2) is 4.98 Å². The molecule has 1 amide bonds. The lowest BCUT2D eigenvalue weighted by Gasteiger charge is -2.36. The Morgan fingerprint density at radius 1 is 1.16 bits per heavy atom. The van der Waals surface area contributed by atoms with Gasteiger partial charge >= 0.3 is 0 Å². The summed E-state index contributed by atoms with van der Waals surface area (Å²) in [6, 6.07) is 9.20. The van der Waals surface area contributed by atoms with Gasteiger partial charge in [-0.2, -0.15) is 0 Å². The summed E-state index contributed by atoms with van der Waals surface area (Å²) in [5.41, 5.74) is 1.66. The van der Waals surface area contributed by atoms with E-state index in [1.807, 2.05) is 31.2 Å². The van der Waals surface area contributed by atoms with E-state index in [0.717, 1.165) is 24.5 Å². The Bertz CT molecular complexity index is 795. The first-order valence-corrected chi connectivity index (χ1v) is 8.78. The van der Waals surface area contributed by atoms with Crippen molar-refractivity contribution >= 4 is 23.2 Å². The van der Waals surface area contributed by atoms with Crippen LogP contribution in [0.25, 0.3) is 0 Å². The predicted molar refractivity (Wildman–Crippen MR) is 98.1 cm³/mol. The van der Waals surface area contributed by atoms with Crippen molar-refractivity contribution in [1.29, 1.82) is 0 Å². The third-order valence-electron chi connectivity index (χ3n) is 4.43. The third kappa shape index (κ3) is 4.20. The van der Waals surface area contributed by atoms with Gasteiger partial charge in [0.1, 0.15) is 6.54 Å². The molecule has 6 nitrogen and oxygen atoms in total. The molecule has 0 spiro atoms. The number of aromatic nitrogens is 2. The van der Waals surface area contributed by atoms with Gasteiger partial charge in [0, 0.05) is 48.6 Å². The summed E-state index contributed by atoms with van der Waals surface area (Å²) in [5, 5.41) is 0.714. The summed E-state index contributed by atoms with van der Waals surface area (Å²) in [4.78, 5) is 32.7. The summed E-state index contributed by atoms with van der Waals surface area (Å²) in [7, 11) is 0. The van der Waals surface area contributed by atoms with Crippen LogP contribution in [0.4, 0.5) is 5.69 Å². The SMILES string of the molecule is CCc1cc(=O)n(CC(=O)N2CCN(c3ccc(Cl)cc3)CC2)cn1. The van der Waals surface area contributed by atoms with Crippen molar-refractivity contribution < 1.29 is 4.79 Å². The Hall–Kier alpha value is -2.34. The molecule has 0 saturated carbocycles. The van der Waals surface area contributed by atoms with Crippen LogP contribution in [0.3, 0.4) is 0 Å². The van der Waals surface area contributed by atoms with Gasteiger partial charge in [-0.3, -0.25) is 14.2 Å². The Labute approximate surface area is 151 Å². The minimum Gasteiger partial charge on any atom is -0.368 e. The van der Waals surface area contributed by atoms with Gasteiger partial charge in [0.2, 0.25) is 5.91 Å². The van der Waals surface area contributed by atoms with Gasteiger partial charge in [0.15, 0.2) is 0 Å². The molecule has 0 N–H and O–H groups in total. The minimum absolute atomic E-state index is 0.0385. The van der Waals surface area contributed by atoms with Crippen molar-refractivity contribution in [2.24, 2.45) is 0 Å². The molecule has 0 bridgehead atoms. The lowest BCUT2D eigenvalue weighted by molar-refractivity contribution is -0.132. The standard InChI is InChI=1S/C18H21ClN4O2/c1-2-15-11-17(24)23(13-20-15)12-18(25)22-9-7-21(8-10-22)16-5-3-14(19)4-6-16/h3-6,11,13H,2,7-10,12H2,1H3. The van der Waals surface area contributed by atoms with Gasteiger partial charge in [0.05, 0.1) is 6.33 Å². The van der Waals surface area contributed by atoms with Crippen molar-refractivity contribution in [3.05, 3.63) is 57.7 Å². The molecule has 0 aliphatic carbocycles. The molecule has 0 unspecified atom stereocenters. The summed E-state index contributed by atoms with van der Waals surface area (Å²) >= 11 is 5.92. The summed E-state index contributed by atoms with van der Waals surface area (Å²) in [6.45, 7) is 4.77. The van der Waals surface area contributed by atoms with Crippen molar-refractivity contribution in [3.8, 4) is 0 Å². The number of halogens is 1. The van der Waals surface area contributed by atoms with Gasteiger partial charge in [-0.1, -0.05) is 18.5 Å². The number of aryl methyl sites for hydroxylation is 1. The first-order valence-electron chi connectivity index (χ1n) is 8.40. The first-order chi connectivity index (χ1) is 12.1. The molecule has 1 aliphatic heterocycles. The third-order valence-corrected chi connectivity index (χ3v) is 4.68. The van der Waals surface area contributed by atoms with E-state index in [1.54, 1.807) is 4.90 Å². The monoisotopic (exact) mass is 360 g/mol. The highest BCUT2D eigenvalue weighted by Crippen LogP contribution is 2.19. The quantitative estimate of drug-likeness (QED) is 0.834. The number of hydrogen-bond acceptors (Lipinski definition) is 4. The van der Waals surface area contributed by atoms with Crippen LogP contribution in [0.15, 0.2) is 41.5 Å². The number of carbonyl (C=O) groups excluding carboxylic acids is 1. The van der Waals surface area contributed by atoms with Crippen LogP contribution in [-0.4, -0.2) is 46.5 Å². The molecule has 2 heterocycles. The van der Waals surface area contributed by atoms with Crippen molar-refractivity contribution in [2.45, 2.75) is 19.9 Å². The lowest BCUT2D eigenvalue weighted by Crippen LogP contribution is -2.50. The second-order valence-electron chi connectivity index (χ2n) is 6.04. The van der Waals surface area contributed by atoms with Crippen LogP contribution in [-0.2, 0) is 17.8 Å². The zero-order valence-corrected chi connectivity index (χ0v) is 14.9. The molecule has 1 saturated heterocycles. The molecule has 1 fully saturated rings. The number of amides is 1. The van der Waals surface area contributed by atoms with Gasteiger partial charge in [-0.15, -0.1) is 0 Å². The number of hydrogen-bond donors (Lipinski definition) is 0. The van der Waals surface area contributed by atoms with Gasteiger partial charge < -0.3 is 9.80 Å². The van der Waals surface area contributed by atoms with Crippen molar-refractivity contribution in [2.75, 3.05) is 31.1 Å². The van der Waals surface area contributed by atoms with E-state index in [4.69, 9.17) is 11.6 Å². The molecule has 3 rings (SSSR count). The molecular formula is C18H21ClN4O2. The second kappa shape index (κ2) is 7.70. The van der Waals surface area contributed by atoms with E-state index >= 15 is 0 Å². The van der Waals surface area contributed by atoms with Crippen LogP contribution in [0.5, 0.6) is 0 Å². The second-order valence-corrected chi connectivity index (χ2v) is 6.48. The maximum atomic E-state index is 12.5. The van der Waals surface area contributed by atoms with Crippen LogP contribution < -0.4 is 10.5 Å². The fourth-order valence-corrected chi connectivity index (χ4v) is 3.01. The number of nitrogens with zero attached hydrogens (tertiary/aromatic N) is 4.